The highest BCUT2D eigenvalue weighted by molar-refractivity contribution is 5.89. The van der Waals surface area contributed by atoms with E-state index in [0.29, 0.717) is 11.3 Å². The fourth-order valence-corrected chi connectivity index (χ4v) is 2.61. The van der Waals surface area contributed by atoms with Gasteiger partial charge >= 0.3 is 6.03 Å². The molecule has 1 saturated heterocycles. The van der Waals surface area contributed by atoms with Crippen LogP contribution in [0.2, 0.25) is 0 Å². The third-order valence-corrected chi connectivity index (χ3v) is 3.98. The number of nitrogens with zero attached hydrogens (tertiary/aromatic N) is 4. The summed E-state index contributed by atoms with van der Waals surface area (Å²) in [6, 6.07) is 9.00. The second-order valence-corrected chi connectivity index (χ2v) is 6.11. The summed E-state index contributed by atoms with van der Waals surface area (Å²) in [6.07, 6.45) is 0.985. The number of anilines is 1. The molecule has 0 unspecified atom stereocenters. The number of rotatable bonds is 4. The summed E-state index contributed by atoms with van der Waals surface area (Å²) in [5.41, 5.74) is 1.22. The molecule has 23 heavy (non-hydrogen) atoms. The van der Waals surface area contributed by atoms with Gasteiger partial charge in [0.1, 0.15) is 0 Å². The topological polar surface area (TPSA) is 62.6 Å². The van der Waals surface area contributed by atoms with Crippen molar-refractivity contribution in [3.63, 3.8) is 0 Å². The molecule has 124 valence electrons. The Morgan fingerprint density at radius 1 is 1.30 bits per heavy atom. The van der Waals surface area contributed by atoms with Crippen LogP contribution in [0.15, 0.2) is 24.3 Å². The van der Waals surface area contributed by atoms with Crippen LogP contribution in [0.3, 0.4) is 0 Å². The summed E-state index contributed by atoms with van der Waals surface area (Å²) < 4.78 is 0. The Labute approximate surface area is 138 Å². The molecule has 0 aliphatic carbocycles. The Hall–Kier alpha value is -2.10. The number of hydrogen-bond donors (Lipinski definition) is 1. The number of likely N-dealkylation sites (N-methyl/N-ethyl adjacent to an activating group) is 1. The Morgan fingerprint density at radius 2 is 2.13 bits per heavy atom. The third kappa shape index (κ3) is 5.55. The first-order valence-corrected chi connectivity index (χ1v) is 8.01. The molecule has 1 N–H and O–H groups in total. The molecular formula is C17H25N5O. The maximum Gasteiger partial charge on any atom is 0.321 e. The summed E-state index contributed by atoms with van der Waals surface area (Å²) in [5.74, 6) is 0. The van der Waals surface area contributed by atoms with E-state index in [0.717, 1.165) is 45.7 Å². The van der Waals surface area contributed by atoms with E-state index in [9.17, 15) is 4.79 Å². The van der Waals surface area contributed by atoms with Gasteiger partial charge in [-0.15, -0.1) is 0 Å². The Kier molecular flexibility index (Phi) is 6.39. The molecule has 1 fully saturated rings. The Morgan fingerprint density at radius 3 is 2.87 bits per heavy atom. The van der Waals surface area contributed by atoms with Gasteiger partial charge in [0.15, 0.2) is 0 Å². The maximum atomic E-state index is 12.4. The van der Waals surface area contributed by atoms with Gasteiger partial charge in [0.2, 0.25) is 0 Å². The first-order valence-electron chi connectivity index (χ1n) is 8.01. The molecule has 1 heterocycles. The molecule has 0 radical (unpaired) electrons. The lowest BCUT2D eigenvalue weighted by Crippen LogP contribution is -2.39. The van der Waals surface area contributed by atoms with Gasteiger partial charge in [-0.3, -0.25) is 0 Å². The van der Waals surface area contributed by atoms with E-state index in [4.69, 9.17) is 5.26 Å². The van der Waals surface area contributed by atoms with Crippen LogP contribution in [0, 0.1) is 11.3 Å². The largest absolute Gasteiger partial charge is 0.323 e. The highest BCUT2D eigenvalue weighted by atomic mass is 16.2. The molecule has 0 bridgehead atoms. The van der Waals surface area contributed by atoms with E-state index in [1.807, 2.05) is 4.90 Å². The van der Waals surface area contributed by atoms with Gasteiger partial charge in [0.05, 0.1) is 11.6 Å². The molecular weight excluding hydrogens is 290 g/mol. The second kappa shape index (κ2) is 8.51. The van der Waals surface area contributed by atoms with E-state index in [1.54, 1.807) is 24.3 Å². The Balaban J connectivity index is 1.86. The van der Waals surface area contributed by atoms with Crippen LogP contribution in [0.5, 0.6) is 0 Å². The fourth-order valence-electron chi connectivity index (χ4n) is 2.61. The molecule has 6 heteroatoms. The maximum absolute atomic E-state index is 12.4. The molecule has 6 nitrogen and oxygen atoms in total. The number of carbonyl (C=O) groups excluding carboxylic acids is 1. The number of nitriles is 1. The smallest absolute Gasteiger partial charge is 0.321 e. The monoisotopic (exact) mass is 315 g/mol. The lowest BCUT2D eigenvalue weighted by Gasteiger charge is -2.23. The van der Waals surface area contributed by atoms with Crippen molar-refractivity contribution in [2.24, 2.45) is 0 Å². The van der Waals surface area contributed by atoms with E-state index >= 15 is 0 Å². The number of nitrogens with one attached hydrogen (secondary N) is 1. The van der Waals surface area contributed by atoms with Gasteiger partial charge in [0, 0.05) is 38.4 Å². The van der Waals surface area contributed by atoms with Crippen LogP contribution in [0.1, 0.15) is 12.0 Å². The SMILES string of the molecule is CN(C)CCN1CCCN(C(=O)Nc2cccc(C#N)c2)CC1. The molecule has 1 aromatic rings. The van der Waals surface area contributed by atoms with Crippen molar-refractivity contribution in [2.75, 3.05) is 58.7 Å². The van der Waals surface area contributed by atoms with Crippen LogP contribution in [0.4, 0.5) is 10.5 Å². The summed E-state index contributed by atoms with van der Waals surface area (Å²) in [5, 5.41) is 11.8. The lowest BCUT2D eigenvalue weighted by atomic mass is 10.2. The van der Waals surface area contributed by atoms with Crippen molar-refractivity contribution >= 4 is 11.7 Å². The van der Waals surface area contributed by atoms with Crippen molar-refractivity contribution in [3.8, 4) is 6.07 Å². The van der Waals surface area contributed by atoms with Gasteiger partial charge in [-0.05, 0) is 45.3 Å². The van der Waals surface area contributed by atoms with Crippen LogP contribution < -0.4 is 5.32 Å². The summed E-state index contributed by atoms with van der Waals surface area (Å²) >= 11 is 0. The number of hydrogen-bond acceptors (Lipinski definition) is 4. The van der Waals surface area contributed by atoms with Gasteiger partial charge < -0.3 is 20.0 Å². The first kappa shape index (κ1) is 17.3. The molecule has 0 aromatic heterocycles. The molecule has 1 aliphatic rings. The second-order valence-electron chi connectivity index (χ2n) is 6.11. The first-order chi connectivity index (χ1) is 11.1. The standard InChI is InChI=1S/C17H25N5O/c1-20(2)9-10-21-7-4-8-22(12-11-21)17(23)19-16-6-3-5-15(13-16)14-18/h3,5-6,13H,4,7-12H2,1-2H3,(H,19,23). The summed E-state index contributed by atoms with van der Waals surface area (Å²) in [4.78, 5) is 18.8. The van der Waals surface area contributed by atoms with Crippen LogP contribution >= 0.6 is 0 Å². The summed E-state index contributed by atoms with van der Waals surface area (Å²) in [6.45, 7) is 5.50. The number of benzene rings is 1. The number of carbonyl (C=O) groups is 1. The molecule has 0 saturated carbocycles. The van der Waals surface area contributed by atoms with Crippen molar-refractivity contribution in [1.82, 2.24) is 14.7 Å². The van der Waals surface area contributed by atoms with E-state index in [2.05, 4.69) is 35.3 Å². The molecule has 1 aliphatic heterocycles. The normalized spacial score (nSPS) is 16.0. The van der Waals surface area contributed by atoms with Crippen LogP contribution in [0.25, 0.3) is 0 Å². The minimum atomic E-state index is -0.0884. The van der Waals surface area contributed by atoms with E-state index < -0.39 is 0 Å². The van der Waals surface area contributed by atoms with E-state index in [1.165, 1.54) is 0 Å². The highest BCUT2D eigenvalue weighted by Crippen LogP contribution is 2.12. The minimum Gasteiger partial charge on any atom is -0.323 e. The van der Waals surface area contributed by atoms with Crippen molar-refractivity contribution in [3.05, 3.63) is 29.8 Å². The van der Waals surface area contributed by atoms with Crippen molar-refractivity contribution < 1.29 is 4.79 Å². The zero-order valence-corrected chi connectivity index (χ0v) is 14.0. The lowest BCUT2D eigenvalue weighted by molar-refractivity contribution is 0.209. The minimum absolute atomic E-state index is 0.0884. The fraction of sp³-hybridized carbons (Fsp3) is 0.529. The van der Waals surface area contributed by atoms with Gasteiger partial charge in [-0.2, -0.15) is 5.26 Å². The van der Waals surface area contributed by atoms with Crippen molar-refractivity contribution in [1.29, 1.82) is 5.26 Å². The molecule has 2 rings (SSSR count). The molecule has 0 atom stereocenters. The highest BCUT2D eigenvalue weighted by Gasteiger charge is 2.19. The average Bonchev–Trinajstić information content (AvgIpc) is 2.78. The zero-order chi connectivity index (χ0) is 16.7. The van der Waals surface area contributed by atoms with Gasteiger partial charge in [-0.25, -0.2) is 4.79 Å². The molecule has 1 aromatic carbocycles. The Bertz CT molecular complexity index is 566. The van der Waals surface area contributed by atoms with E-state index in [-0.39, 0.29) is 6.03 Å². The predicted octanol–water partition coefficient (Wildman–Crippen LogP) is 1.66. The van der Waals surface area contributed by atoms with Crippen LogP contribution in [-0.4, -0.2) is 74.1 Å². The van der Waals surface area contributed by atoms with Gasteiger partial charge in [-0.1, -0.05) is 6.07 Å². The third-order valence-electron chi connectivity index (χ3n) is 3.98. The van der Waals surface area contributed by atoms with Gasteiger partial charge in [0.25, 0.3) is 0 Å². The summed E-state index contributed by atoms with van der Waals surface area (Å²) in [7, 11) is 4.15. The zero-order valence-electron chi connectivity index (χ0n) is 14.0. The van der Waals surface area contributed by atoms with Crippen LogP contribution in [-0.2, 0) is 0 Å². The quantitative estimate of drug-likeness (QED) is 0.918. The number of amides is 2. The predicted molar refractivity (Wildman–Crippen MR) is 91.4 cm³/mol. The molecule has 0 spiro atoms. The van der Waals surface area contributed by atoms with Crippen molar-refractivity contribution in [2.45, 2.75) is 6.42 Å². The number of urea groups is 1. The average molecular weight is 315 g/mol. The molecule has 2 amide bonds.